The molecule has 1 aliphatic rings. The zero-order valence-electron chi connectivity index (χ0n) is 10.8. The largest absolute Gasteiger partial charge is 0.468 e. The Morgan fingerprint density at radius 3 is 3.00 bits per heavy atom. The van der Waals surface area contributed by atoms with E-state index >= 15 is 0 Å². The Hall–Kier alpha value is -1.56. The molecule has 1 aliphatic carbocycles. The molecule has 1 N–H and O–H groups in total. The molecule has 0 amide bonds. The number of H-pyrrole nitrogens is 1. The molecule has 0 bridgehead atoms. The van der Waals surface area contributed by atoms with Gasteiger partial charge >= 0.3 is 5.97 Å². The van der Waals surface area contributed by atoms with E-state index in [9.17, 15) is 4.79 Å². The second-order valence-corrected chi connectivity index (χ2v) is 5.90. The van der Waals surface area contributed by atoms with Crippen LogP contribution in [0.25, 0.3) is 11.2 Å². The first-order valence-electron chi connectivity index (χ1n) is 6.25. The van der Waals surface area contributed by atoms with Gasteiger partial charge in [0.1, 0.15) is 5.25 Å². The minimum atomic E-state index is -0.169. The third kappa shape index (κ3) is 2.45. The van der Waals surface area contributed by atoms with Crippen LogP contribution in [0.5, 0.6) is 0 Å². The number of ether oxygens (including phenoxy) is 1. The Morgan fingerprint density at radius 2 is 2.37 bits per heavy atom. The normalized spacial score (nSPS) is 16.5. The van der Waals surface area contributed by atoms with Crippen molar-refractivity contribution in [3.05, 3.63) is 17.8 Å². The molecule has 1 saturated carbocycles. The molecule has 0 saturated heterocycles. The molecule has 2 heterocycles. The van der Waals surface area contributed by atoms with Gasteiger partial charge in [-0.05, 0) is 37.3 Å². The maximum absolute atomic E-state index is 11.8. The van der Waals surface area contributed by atoms with E-state index in [4.69, 9.17) is 4.74 Å². The maximum atomic E-state index is 11.8. The van der Waals surface area contributed by atoms with Crippen LogP contribution in [0.2, 0.25) is 0 Å². The highest BCUT2D eigenvalue weighted by atomic mass is 32.2. The summed E-state index contributed by atoms with van der Waals surface area (Å²) in [4.78, 5) is 23.7. The number of methoxy groups -OCH3 is 1. The number of carbonyl (C=O) groups excluding carboxylic acids is 1. The molecule has 0 aliphatic heterocycles. The molecule has 19 heavy (non-hydrogen) atoms. The number of carbonyl (C=O) groups is 1. The van der Waals surface area contributed by atoms with Crippen molar-refractivity contribution in [2.45, 2.75) is 30.2 Å². The highest BCUT2D eigenvalue weighted by Crippen LogP contribution is 2.41. The number of imidazole rings is 1. The fourth-order valence-corrected chi connectivity index (χ4v) is 3.24. The van der Waals surface area contributed by atoms with E-state index in [1.807, 2.05) is 13.0 Å². The topological polar surface area (TPSA) is 67.9 Å². The molecule has 1 unspecified atom stereocenters. The Morgan fingerprint density at radius 1 is 1.58 bits per heavy atom. The fourth-order valence-electron chi connectivity index (χ4n) is 2.04. The van der Waals surface area contributed by atoms with Crippen LogP contribution in [0.3, 0.4) is 0 Å². The van der Waals surface area contributed by atoms with Crippen LogP contribution < -0.4 is 0 Å². The van der Waals surface area contributed by atoms with Crippen LogP contribution in [0.1, 0.15) is 18.4 Å². The number of hydrogen-bond donors (Lipinski definition) is 1. The number of nitrogens with one attached hydrogen (secondary N) is 1. The van der Waals surface area contributed by atoms with Gasteiger partial charge in [0, 0.05) is 6.20 Å². The van der Waals surface area contributed by atoms with Crippen molar-refractivity contribution >= 4 is 28.9 Å². The van der Waals surface area contributed by atoms with Gasteiger partial charge < -0.3 is 9.72 Å². The van der Waals surface area contributed by atoms with Crippen molar-refractivity contribution in [3.8, 4) is 0 Å². The number of fused-ring (bicyclic) bond motifs is 1. The minimum absolute atomic E-state index is 0.161. The summed E-state index contributed by atoms with van der Waals surface area (Å²) in [5, 5.41) is 0.574. The summed E-state index contributed by atoms with van der Waals surface area (Å²) in [5.41, 5.74) is 2.73. The summed E-state index contributed by atoms with van der Waals surface area (Å²) in [7, 11) is 1.43. The first kappa shape index (κ1) is 12.5. The number of nitrogens with zero attached hydrogens (tertiary/aromatic N) is 2. The summed E-state index contributed by atoms with van der Waals surface area (Å²) in [6, 6.07) is 1.94. The minimum Gasteiger partial charge on any atom is -0.468 e. The van der Waals surface area contributed by atoms with Gasteiger partial charge in [-0.1, -0.05) is 11.8 Å². The van der Waals surface area contributed by atoms with Gasteiger partial charge in [0.05, 0.1) is 12.6 Å². The first-order valence-corrected chi connectivity index (χ1v) is 7.13. The monoisotopic (exact) mass is 277 g/mol. The molecule has 0 aromatic carbocycles. The van der Waals surface area contributed by atoms with Gasteiger partial charge in [-0.15, -0.1) is 0 Å². The number of aromatic amines is 1. The maximum Gasteiger partial charge on any atom is 0.319 e. The van der Waals surface area contributed by atoms with E-state index in [-0.39, 0.29) is 11.2 Å². The van der Waals surface area contributed by atoms with Gasteiger partial charge in [-0.25, -0.2) is 9.97 Å². The second-order valence-electron chi connectivity index (χ2n) is 4.77. The van der Waals surface area contributed by atoms with Crippen LogP contribution in [0.4, 0.5) is 0 Å². The van der Waals surface area contributed by atoms with Crippen molar-refractivity contribution in [1.29, 1.82) is 0 Å². The summed E-state index contributed by atoms with van der Waals surface area (Å²) in [5.74, 6) is 0.248. The van der Waals surface area contributed by atoms with Crippen molar-refractivity contribution in [3.63, 3.8) is 0 Å². The fraction of sp³-hybridized carbons (Fsp3) is 0.462. The molecule has 0 spiro atoms. The standard InChI is InChI=1S/C13H15N3O2S/c1-7-5-6-14-11-9(7)15-13(16-11)19-10(8-3-4-8)12(17)18-2/h5-6,8,10H,3-4H2,1-2H3,(H,14,15,16). The summed E-state index contributed by atoms with van der Waals surface area (Å²) < 4.78 is 4.87. The quantitative estimate of drug-likeness (QED) is 0.686. The lowest BCUT2D eigenvalue weighted by Crippen LogP contribution is -2.21. The molecule has 1 atom stereocenters. The molecule has 1 fully saturated rings. The van der Waals surface area contributed by atoms with E-state index in [1.54, 1.807) is 6.20 Å². The third-order valence-corrected chi connectivity index (χ3v) is 4.55. The number of hydrogen-bond acceptors (Lipinski definition) is 5. The van der Waals surface area contributed by atoms with Crippen LogP contribution in [0.15, 0.2) is 17.4 Å². The predicted octanol–water partition coefficient (Wildman–Crippen LogP) is 2.31. The van der Waals surface area contributed by atoms with Crippen molar-refractivity contribution in [1.82, 2.24) is 15.0 Å². The highest BCUT2D eigenvalue weighted by molar-refractivity contribution is 8.00. The van der Waals surface area contributed by atoms with Crippen molar-refractivity contribution in [2.75, 3.05) is 7.11 Å². The Bertz CT molecular complexity index is 621. The number of aromatic nitrogens is 3. The molecule has 2 aromatic heterocycles. The lowest BCUT2D eigenvalue weighted by molar-refractivity contribution is -0.140. The second kappa shape index (κ2) is 4.85. The Balaban J connectivity index is 1.87. The third-order valence-electron chi connectivity index (χ3n) is 3.30. The van der Waals surface area contributed by atoms with Crippen LogP contribution in [-0.4, -0.2) is 33.3 Å². The lowest BCUT2D eigenvalue weighted by atomic mass is 10.3. The molecule has 6 heteroatoms. The van der Waals surface area contributed by atoms with E-state index < -0.39 is 0 Å². The van der Waals surface area contributed by atoms with Crippen LogP contribution in [0, 0.1) is 12.8 Å². The smallest absolute Gasteiger partial charge is 0.319 e. The average Bonchev–Trinajstić information content (AvgIpc) is 3.16. The molecular weight excluding hydrogens is 262 g/mol. The molecule has 3 rings (SSSR count). The lowest BCUT2D eigenvalue weighted by Gasteiger charge is -2.10. The number of thioether (sulfide) groups is 1. The molecular formula is C13H15N3O2S. The zero-order valence-corrected chi connectivity index (χ0v) is 11.7. The van der Waals surface area contributed by atoms with Crippen molar-refractivity contribution in [2.24, 2.45) is 5.92 Å². The van der Waals surface area contributed by atoms with Crippen LogP contribution in [-0.2, 0) is 9.53 Å². The summed E-state index contributed by atoms with van der Waals surface area (Å²) in [6.07, 6.45) is 3.92. The van der Waals surface area contributed by atoms with Gasteiger partial charge in [-0.3, -0.25) is 4.79 Å². The summed E-state index contributed by atoms with van der Waals surface area (Å²) in [6.45, 7) is 2.01. The predicted molar refractivity (Wildman–Crippen MR) is 73.0 cm³/mol. The first-order chi connectivity index (χ1) is 9.19. The molecule has 100 valence electrons. The number of esters is 1. The SMILES string of the molecule is COC(=O)C(Sc1nc2nccc(C)c2[nH]1)C1CC1. The summed E-state index contributed by atoms with van der Waals surface area (Å²) >= 11 is 1.45. The molecule has 5 nitrogen and oxygen atoms in total. The van der Waals surface area contributed by atoms with Gasteiger partial charge in [0.25, 0.3) is 0 Å². The molecule has 0 radical (unpaired) electrons. The van der Waals surface area contributed by atoms with Crippen molar-refractivity contribution < 1.29 is 9.53 Å². The molecule has 2 aromatic rings. The number of aryl methyl sites for hydroxylation is 1. The van der Waals surface area contributed by atoms with Gasteiger partial charge in [0.2, 0.25) is 0 Å². The van der Waals surface area contributed by atoms with E-state index in [2.05, 4.69) is 15.0 Å². The highest BCUT2D eigenvalue weighted by Gasteiger charge is 2.38. The van der Waals surface area contributed by atoms with E-state index in [1.165, 1.54) is 18.9 Å². The van der Waals surface area contributed by atoms with E-state index in [0.29, 0.717) is 11.6 Å². The van der Waals surface area contributed by atoms with Gasteiger partial charge in [-0.2, -0.15) is 0 Å². The zero-order chi connectivity index (χ0) is 13.4. The van der Waals surface area contributed by atoms with Crippen LogP contribution >= 0.6 is 11.8 Å². The number of pyridine rings is 1. The van der Waals surface area contributed by atoms with Gasteiger partial charge in [0.15, 0.2) is 10.8 Å². The Labute approximate surface area is 115 Å². The number of rotatable bonds is 4. The van der Waals surface area contributed by atoms with E-state index in [0.717, 1.165) is 29.1 Å². The average molecular weight is 277 g/mol. The Kier molecular flexibility index (Phi) is 3.18.